The molecule has 0 aromatic heterocycles. The molecule has 0 unspecified atom stereocenters. The number of rotatable bonds is 4. The minimum atomic E-state index is -2.31. The minimum absolute atomic E-state index is 0.327. The van der Waals surface area contributed by atoms with Gasteiger partial charge in [0.15, 0.2) is 0 Å². The van der Waals surface area contributed by atoms with Crippen LogP contribution in [0.5, 0.6) is 0 Å². The summed E-state index contributed by atoms with van der Waals surface area (Å²) in [6, 6.07) is 10.3. The van der Waals surface area contributed by atoms with E-state index in [-0.39, 0.29) is 0 Å². The van der Waals surface area contributed by atoms with Crippen LogP contribution in [0.1, 0.15) is 40.0 Å². The quantitative estimate of drug-likeness (QED) is 0.579. The third-order valence-corrected chi connectivity index (χ3v) is 7.66. The van der Waals surface area contributed by atoms with Crippen LogP contribution in [0, 0.1) is 17.8 Å². The number of hydrogen-bond acceptors (Lipinski definition) is 1. The Kier molecular flexibility index (Phi) is 5.33. The Morgan fingerprint density at radius 2 is 1.85 bits per heavy atom. The first-order valence-electron chi connectivity index (χ1n) is 7.82. The zero-order valence-electron chi connectivity index (χ0n) is 13.1. The van der Waals surface area contributed by atoms with E-state index in [2.05, 4.69) is 51.6 Å². The van der Waals surface area contributed by atoms with Gasteiger partial charge in [-0.15, -0.1) is 11.1 Å². The second-order valence-corrected chi connectivity index (χ2v) is 11.6. The monoisotopic (exact) mass is 310 g/mol. The van der Waals surface area contributed by atoms with Crippen molar-refractivity contribution >= 4 is 23.9 Å². The van der Waals surface area contributed by atoms with E-state index in [0.717, 1.165) is 12.3 Å². The average molecular weight is 311 g/mol. The van der Waals surface area contributed by atoms with Crippen LogP contribution >= 0.6 is 11.1 Å². The van der Waals surface area contributed by atoms with Gasteiger partial charge in [-0.2, -0.15) is 0 Å². The summed E-state index contributed by atoms with van der Waals surface area (Å²) >= 11 is 6.83. The first kappa shape index (κ1) is 16.1. The fraction of sp³-hybridized carbons (Fsp3) is 0.647. The fourth-order valence-corrected chi connectivity index (χ4v) is 5.82. The van der Waals surface area contributed by atoms with Crippen LogP contribution in [0.15, 0.2) is 30.3 Å². The molecule has 0 saturated heterocycles. The molecule has 0 radical (unpaired) electrons. The number of halogens is 1. The van der Waals surface area contributed by atoms with E-state index in [4.69, 9.17) is 15.5 Å². The fourth-order valence-electron chi connectivity index (χ4n) is 3.34. The van der Waals surface area contributed by atoms with Crippen LogP contribution in [0.3, 0.4) is 0 Å². The van der Waals surface area contributed by atoms with Crippen molar-refractivity contribution in [1.82, 2.24) is 0 Å². The van der Waals surface area contributed by atoms with E-state index >= 15 is 0 Å². The summed E-state index contributed by atoms with van der Waals surface area (Å²) in [7, 11) is -2.31. The normalized spacial score (nSPS) is 30.2. The van der Waals surface area contributed by atoms with Crippen LogP contribution in [0.2, 0.25) is 6.55 Å². The Labute approximate surface area is 129 Å². The molecular weight excluding hydrogens is 284 g/mol. The predicted octanol–water partition coefficient (Wildman–Crippen LogP) is 4.68. The lowest BCUT2D eigenvalue weighted by Gasteiger charge is -2.40. The number of hydrogen-bond donors (Lipinski definition) is 0. The van der Waals surface area contributed by atoms with Crippen LogP contribution in [-0.2, 0) is 4.43 Å². The molecule has 1 fully saturated rings. The topological polar surface area (TPSA) is 9.23 Å². The maximum absolute atomic E-state index is 6.83. The van der Waals surface area contributed by atoms with Crippen molar-refractivity contribution in [1.29, 1.82) is 0 Å². The van der Waals surface area contributed by atoms with Gasteiger partial charge < -0.3 is 4.43 Å². The van der Waals surface area contributed by atoms with Crippen molar-refractivity contribution in [2.45, 2.75) is 52.7 Å². The molecule has 2 rings (SSSR count). The molecule has 4 atom stereocenters. The second kappa shape index (κ2) is 6.63. The maximum Gasteiger partial charge on any atom is 0.319 e. The molecule has 1 aromatic rings. The molecular formula is C17H27ClOSi. The van der Waals surface area contributed by atoms with Gasteiger partial charge in [0.2, 0.25) is 0 Å². The molecule has 0 amide bonds. The van der Waals surface area contributed by atoms with Crippen LogP contribution in [-0.4, -0.2) is 13.7 Å². The maximum atomic E-state index is 6.83. The first-order chi connectivity index (χ1) is 9.40. The summed E-state index contributed by atoms with van der Waals surface area (Å²) in [6.45, 7) is 9.07. The van der Waals surface area contributed by atoms with Crippen molar-refractivity contribution in [3.05, 3.63) is 30.3 Å². The molecule has 0 N–H and O–H groups in total. The van der Waals surface area contributed by atoms with E-state index in [1.54, 1.807) is 0 Å². The Bertz CT molecular complexity index is 418. The summed E-state index contributed by atoms with van der Waals surface area (Å²) in [4.78, 5) is 0. The molecule has 0 aliphatic heterocycles. The van der Waals surface area contributed by atoms with Crippen molar-refractivity contribution < 1.29 is 4.43 Å². The van der Waals surface area contributed by atoms with Gasteiger partial charge in [0.1, 0.15) is 0 Å². The van der Waals surface area contributed by atoms with Gasteiger partial charge in [0.25, 0.3) is 0 Å². The summed E-state index contributed by atoms with van der Waals surface area (Å²) in [5, 5.41) is 1.18. The Hall–Kier alpha value is -0.313. The van der Waals surface area contributed by atoms with Crippen molar-refractivity contribution in [2.24, 2.45) is 17.8 Å². The van der Waals surface area contributed by atoms with E-state index in [9.17, 15) is 0 Å². The highest BCUT2D eigenvalue weighted by atomic mass is 35.6. The number of benzene rings is 1. The predicted molar refractivity (Wildman–Crippen MR) is 89.8 cm³/mol. The molecule has 0 spiro atoms. The van der Waals surface area contributed by atoms with Crippen LogP contribution in [0.25, 0.3) is 0 Å². The zero-order chi connectivity index (χ0) is 14.8. The molecule has 1 aliphatic carbocycles. The van der Waals surface area contributed by atoms with Gasteiger partial charge in [-0.3, -0.25) is 0 Å². The minimum Gasteiger partial charge on any atom is -0.397 e. The van der Waals surface area contributed by atoms with Gasteiger partial charge in [0, 0.05) is 6.10 Å². The average Bonchev–Trinajstić information content (AvgIpc) is 2.39. The summed E-state index contributed by atoms with van der Waals surface area (Å²) in [6.07, 6.45) is 4.09. The lowest BCUT2D eigenvalue weighted by molar-refractivity contribution is 0.0444. The van der Waals surface area contributed by atoms with E-state index in [1.807, 2.05) is 6.07 Å². The molecule has 1 saturated carbocycles. The smallest absolute Gasteiger partial charge is 0.319 e. The molecule has 1 aliphatic rings. The highest BCUT2D eigenvalue weighted by Crippen LogP contribution is 2.37. The largest absolute Gasteiger partial charge is 0.397 e. The zero-order valence-corrected chi connectivity index (χ0v) is 14.9. The van der Waals surface area contributed by atoms with E-state index in [1.165, 1.54) is 18.0 Å². The van der Waals surface area contributed by atoms with Crippen LogP contribution in [0.4, 0.5) is 0 Å². The third-order valence-electron chi connectivity index (χ3n) is 4.62. The lowest BCUT2D eigenvalue weighted by atomic mass is 9.75. The molecule has 1 aromatic carbocycles. The third kappa shape index (κ3) is 3.87. The van der Waals surface area contributed by atoms with Crippen molar-refractivity contribution in [2.75, 3.05) is 0 Å². The summed E-state index contributed by atoms with van der Waals surface area (Å²) in [5.41, 5.74) is 0. The van der Waals surface area contributed by atoms with Gasteiger partial charge in [-0.1, -0.05) is 57.5 Å². The molecule has 112 valence electrons. The molecule has 1 nitrogen and oxygen atoms in total. The van der Waals surface area contributed by atoms with Gasteiger partial charge in [0.05, 0.1) is 0 Å². The van der Waals surface area contributed by atoms with Crippen molar-refractivity contribution in [3.8, 4) is 0 Å². The van der Waals surface area contributed by atoms with E-state index < -0.39 is 7.63 Å². The molecule has 20 heavy (non-hydrogen) atoms. The highest BCUT2D eigenvalue weighted by molar-refractivity contribution is 7.23. The van der Waals surface area contributed by atoms with E-state index in [0.29, 0.717) is 17.9 Å². The SMILES string of the molecule is CC(C)[C@@H]1CC[C@@H](C)C[C@H]1O[Si@@](C)(Cl)c1ccccc1. The lowest BCUT2D eigenvalue weighted by Crippen LogP contribution is -2.49. The van der Waals surface area contributed by atoms with Gasteiger partial charge in [-0.25, -0.2) is 0 Å². The molecule has 0 bridgehead atoms. The Balaban J connectivity index is 2.13. The first-order valence-corrected chi connectivity index (χ1v) is 11.2. The van der Waals surface area contributed by atoms with Crippen LogP contribution < -0.4 is 5.19 Å². The van der Waals surface area contributed by atoms with Gasteiger partial charge >= 0.3 is 7.63 Å². The second-order valence-electron chi connectivity index (χ2n) is 6.77. The Morgan fingerprint density at radius 1 is 1.20 bits per heavy atom. The Morgan fingerprint density at radius 3 is 2.45 bits per heavy atom. The molecule has 0 heterocycles. The summed E-state index contributed by atoms with van der Waals surface area (Å²) in [5.74, 6) is 2.08. The van der Waals surface area contributed by atoms with Crippen molar-refractivity contribution in [3.63, 3.8) is 0 Å². The standard InChI is InChI=1S/C17H27ClOSi/c1-13(2)16-11-10-14(3)12-17(16)19-20(4,18)15-8-6-5-7-9-15/h5-9,13-14,16-17H,10-12H2,1-4H3/t14-,16+,17-,20-/m1/s1. The van der Waals surface area contributed by atoms with Gasteiger partial charge in [-0.05, 0) is 42.3 Å². The molecule has 3 heteroatoms. The summed E-state index contributed by atoms with van der Waals surface area (Å²) < 4.78 is 6.51. The highest BCUT2D eigenvalue weighted by Gasteiger charge is 2.38.